The van der Waals surface area contributed by atoms with E-state index in [1.54, 1.807) is 16.7 Å². The Balaban J connectivity index is 2.19. The Bertz CT molecular complexity index is 1250. The van der Waals surface area contributed by atoms with Gasteiger partial charge in [0.2, 0.25) is 5.95 Å². The number of imidazole rings is 1. The fraction of sp³-hybridized carbons (Fsp3) is 0.263. The molecule has 29 heavy (non-hydrogen) atoms. The van der Waals surface area contributed by atoms with Crippen LogP contribution in [-0.4, -0.2) is 56.1 Å². The lowest BCUT2D eigenvalue weighted by Crippen LogP contribution is -2.44. The maximum absolute atomic E-state index is 13.1. The second-order valence-electron chi connectivity index (χ2n) is 6.68. The number of rotatable bonds is 3. The normalized spacial score (nSPS) is 14.3. The van der Waals surface area contributed by atoms with Crippen LogP contribution in [0.3, 0.4) is 0 Å². The average molecular weight is 396 g/mol. The van der Waals surface area contributed by atoms with Crippen molar-refractivity contribution in [2.45, 2.75) is 0 Å². The van der Waals surface area contributed by atoms with Crippen molar-refractivity contribution in [1.82, 2.24) is 24.0 Å². The van der Waals surface area contributed by atoms with Crippen LogP contribution in [0, 0.1) is 0 Å². The van der Waals surface area contributed by atoms with Crippen LogP contribution in [0.2, 0.25) is 0 Å². The Kier molecular flexibility index (Phi) is 4.55. The third-order valence-corrected chi connectivity index (χ3v) is 5.03. The molecule has 1 fully saturated rings. The highest BCUT2D eigenvalue weighted by Crippen LogP contribution is 2.27. The molecule has 4 rings (SSSR count). The van der Waals surface area contributed by atoms with Crippen molar-refractivity contribution < 1.29 is 9.90 Å². The predicted octanol–water partition coefficient (Wildman–Crippen LogP) is 0.465. The van der Waals surface area contributed by atoms with Crippen LogP contribution in [0.5, 0.6) is 0 Å². The smallest absolute Gasteiger partial charge is 0.421 e. The number of benzene rings is 1. The lowest BCUT2D eigenvalue weighted by molar-refractivity contribution is 0.195. The third kappa shape index (κ3) is 2.85. The molecular weight excluding hydrogens is 376 g/mol. The molecule has 150 valence electrons. The number of carboxylic acid groups (broad SMARTS) is 1. The van der Waals surface area contributed by atoms with Crippen LogP contribution in [0.4, 0.5) is 10.7 Å². The Morgan fingerprint density at radius 2 is 1.93 bits per heavy atom. The lowest BCUT2D eigenvalue weighted by Gasteiger charge is -2.29. The minimum atomic E-state index is -1.50. The van der Waals surface area contributed by atoms with E-state index in [1.165, 1.54) is 7.05 Å². The van der Waals surface area contributed by atoms with Gasteiger partial charge in [0.25, 0.3) is 5.56 Å². The van der Waals surface area contributed by atoms with Crippen LogP contribution in [0.25, 0.3) is 22.9 Å². The maximum Gasteiger partial charge on any atom is 0.421 e. The lowest BCUT2D eigenvalue weighted by atomic mass is 10.1. The molecule has 2 N–H and O–H groups in total. The summed E-state index contributed by atoms with van der Waals surface area (Å²) >= 11 is 0. The molecule has 3 heterocycles. The van der Waals surface area contributed by atoms with Crippen molar-refractivity contribution in [3.63, 3.8) is 0 Å². The van der Waals surface area contributed by atoms with Crippen LogP contribution in [0.1, 0.15) is 5.56 Å². The van der Waals surface area contributed by atoms with Crippen molar-refractivity contribution in [2.24, 2.45) is 7.05 Å². The molecule has 1 aliphatic heterocycles. The van der Waals surface area contributed by atoms with Gasteiger partial charge in [-0.2, -0.15) is 9.55 Å². The predicted molar refractivity (Wildman–Crippen MR) is 109 cm³/mol. The van der Waals surface area contributed by atoms with Crippen molar-refractivity contribution >= 4 is 29.3 Å². The van der Waals surface area contributed by atoms with Gasteiger partial charge in [0.15, 0.2) is 11.2 Å². The molecular formula is C19H20N6O4. The first-order valence-electron chi connectivity index (χ1n) is 9.11. The number of nitrogens with one attached hydrogen (secondary N) is 1. The number of para-hydroxylation sites is 1. The standard InChI is InChI=1S/C19H20N6O4/c1-3-12-6-4-5-7-13(12)24-14-15(21-17(24)23-10-8-20-9-11-23)25(19(28)29)18(27)22(2)16(14)26/h3-7,20H,1,8-11H2,2H3,(H,28,29). The number of piperazine rings is 1. The summed E-state index contributed by atoms with van der Waals surface area (Å²) in [6, 6.07) is 7.30. The molecule has 0 aliphatic carbocycles. The van der Waals surface area contributed by atoms with Gasteiger partial charge in [-0.1, -0.05) is 30.9 Å². The summed E-state index contributed by atoms with van der Waals surface area (Å²) in [4.78, 5) is 43.8. The molecule has 0 radical (unpaired) electrons. The fourth-order valence-electron chi connectivity index (χ4n) is 3.57. The molecule has 1 saturated heterocycles. The summed E-state index contributed by atoms with van der Waals surface area (Å²) in [6.07, 6.45) is 0.157. The van der Waals surface area contributed by atoms with E-state index >= 15 is 0 Å². The molecule has 0 atom stereocenters. The largest absolute Gasteiger partial charge is 0.464 e. The fourth-order valence-corrected chi connectivity index (χ4v) is 3.57. The second-order valence-corrected chi connectivity index (χ2v) is 6.68. The zero-order valence-electron chi connectivity index (χ0n) is 15.8. The van der Waals surface area contributed by atoms with Gasteiger partial charge in [0.1, 0.15) is 0 Å². The zero-order chi connectivity index (χ0) is 20.7. The van der Waals surface area contributed by atoms with Crippen molar-refractivity contribution in [3.05, 3.63) is 57.2 Å². The monoisotopic (exact) mass is 396 g/mol. The second kappa shape index (κ2) is 7.06. The number of anilines is 1. The summed E-state index contributed by atoms with van der Waals surface area (Å²) in [5, 5.41) is 12.9. The molecule has 0 saturated carbocycles. The first-order valence-corrected chi connectivity index (χ1v) is 9.11. The van der Waals surface area contributed by atoms with Gasteiger partial charge in [-0.25, -0.2) is 9.59 Å². The number of hydrogen-bond donors (Lipinski definition) is 2. The summed E-state index contributed by atoms with van der Waals surface area (Å²) in [5.41, 5.74) is -0.348. The van der Waals surface area contributed by atoms with E-state index in [0.29, 0.717) is 29.3 Å². The van der Waals surface area contributed by atoms with E-state index in [-0.39, 0.29) is 11.2 Å². The Hall–Kier alpha value is -3.66. The molecule has 10 heteroatoms. The molecule has 0 spiro atoms. The molecule has 0 unspecified atom stereocenters. The highest BCUT2D eigenvalue weighted by molar-refractivity contribution is 5.86. The van der Waals surface area contributed by atoms with E-state index < -0.39 is 17.3 Å². The minimum absolute atomic E-state index is 0.0253. The number of hydrogen-bond acceptors (Lipinski definition) is 6. The van der Waals surface area contributed by atoms with Crippen molar-refractivity contribution in [2.75, 3.05) is 31.1 Å². The van der Waals surface area contributed by atoms with Gasteiger partial charge in [0.05, 0.1) is 5.69 Å². The zero-order valence-corrected chi connectivity index (χ0v) is 15.8. The topological polar surface area (TPSA) is 114 Å². The summed E-state index contributed by atoms with van der Waals surface area (Å²) < 4.78 is 2.92. The van der Waals surface area contributed by atoms with Crippen molar-refractivity contribution in [1.29, 1.82) is 0 Å². The molecule has 0 amide bonds. The quantitative estimate of drug-likeness (QED) is 0.661. The highest BCUT2D eigenvalue weighted by Gasteiger charge is 2.27. The SMILES string of the molecule is C=Cc1ccccc1-n1c(N2CCNCC2)nc2c1c(=O)n(C)c(=O)n2C(=O)O. The van der Waals surface area contributed by atoms with Gasteiger partial charge in [-0.3, -0.25) is 13.9 Å². The number of fused-ring (bicyclic) bond motifs is 1. The van der Waals surface area contributed by atoms with Crippen LogP contribution in [0.15, 0.2) is 40.4 Å². The van der Waals surface area contributed by atoms with Gasteiger partial charge < -0.3 is 15.3 Å². The van der Waals surface area contributed by atoms with Gasteiger partial charge in [0, 0.05) is 33.2 Å². The minimum Gasteiger partial charge on any atom is -0.464 e. The highest BCUT2D eigenvalue weighted by atomic mass is 16.4. The Labute approximate surface area is 164 Å². The van der Waals surface area contributed by atoms with E-state index in [4.69, 9.17) is 0 Å². The summed E-state index contributed by atoms with van der Waals surface area (Å²) in [5.74, 6) is 0.411. The Morgan fingerprint density at radius 3 is 2.59 bits per heavy atom. The average Bonchev–Trinajstić information content (AvgIpc) is 3.12. The maximum atomic E-state index is 13.1. The van der Waals surface area contributed by atoms with Crippen LogP contribution < -0.4 is 21.5 Å². The first-order chi connectivity index (χ1) is 14.0. The van der Waals surface area contributed by atoms with E-state index in [9.17, 15) is 19.5 Å². The molecule has 3 aromatic rings. The van der Waals surface area contributed by atoms with Crippen LogP contribution in [-0.2, 0) is 7.05 Å². The van der Waals surface area contributed by atoms with Crippen LogP contribution >= 0.6 is 0 Å². The summed E-state index contributed by atoms with van der Waals surface area (Å²) in [7, 11) is 1.25. The third-order valence-electron chi connectivity index (χ3n) is 5.03. The number of nitrogens with zero attached hydrogens (tertiary/aromatic N) is 5. The summed E-state index contributed by atoms with van der Waals surface area (Å²) in [6.45, 7) is 6.51. The molecule has 2 aromatic heterocycles. The Morgan fingerprint density at radius 1 is 1.24 bits per heavy atom. The number of aromatic nitrogens is 4. The van der Waals surface area contributed by atoms with E-state index in [0.717, 1.165) is 23.2 Å². The number of carbonyl (C=O) groups is 1. The van der Waals surface area contributed by atoms with E-state index in [1.807, 2.05) is 23.1 Å². The molecule has 1 aromatic carbocycles. The first kappa shape index (κ1) is 18.7. The van der Waals surface area contributed by atoms with Gasteiger partial charge >= 0.3 is 11.8 Å². The molecule has 0 bridgehead atoms. The molecule has 10 nitrogen and oxygen atoms in total. The molecule has 1 aliphatic rings. The van der Waals surface area contributed by atoms with Crippen molar-refractivity contribution in [3.8, 4) is 5.69 Å². The van der Waals surface area contributed by atoms with E-state index in [2.05, 4.69) is 16.9 Å². The van der Waals surface area contributed by atoms with Gasteiger partial charge in [-0.05, 0) is 11.6 Å². The van der Waals surface area contributed by atoms with Gasteiger partial charge in [-0.15, -0.1) is 0 Å².